The van der Waals surface area contributed by atoms with Crippen LogP contribution in [0.25, 0.3) is 0 Å². The number of amides is 5. The van der Waals surface area contributed by atoms with Crippen molar-refractivity contribution in [3.8, 4) is 0 Å². The minimum absolute atomic E-state index is 0.0660. The number of Topliss-reactive ketones (excluding diaryl/α,β-unsaturated/α-hetero) is 1. The van der Waals surface area contributed by atoms with Crippen LogP contribution >= 0.6 is 0 Å². The van der Waals surface area contributed by atoms with Crippen molar-refractivity contribution in [3.05, 3.63) is 0 Å². The molecule has 5 amide bonds. The molecule has 4 fully saturated rings. The van der Waals surface area contributed by atoms with Crippen LogP contribution in [-0.4, -0.2) is 96.7 Å². The van der Waals surface area contributed by atoms with Gasteiger partial charge in [0.15, 0.2) is 0 Å². The van der Waals surface area contributed by atoms with Gasteiger partial charge >= 0.3 is 6.03 Å². The Hall–Kier alpha value is -2.74. The fourth-order valence-corrected chi connectivity index (χ4v) is 8.78. The number of likely N-dealkylation sites (tertiary alicyclic amines) is 1. The number of carbonyl (C=O) groups is 5. The summed E-state index contributed by atoms with van der Waals surface area (Å²) in [4.78, 5) is 67.5. The highest BCUT2D eigenvalue weighted by atomic mass is 32.2. The van der Waals surface area contributed by atoms with E-state index in [0.717, 1.165) is 19.3 Å². The third-order valence-corrected chi connectivity index (χ3v) is 12.5. The molecule has 0 aromatic carbocycles. The van der Waals surface area contributed by atoms with E-state index in [9.17, 15) is 32.4 Å². The molecule has 14 heteroatoms. The zero-order valence-corrected chi connectivity index (χ0v) is 28.5. The highest BCUT2D eigenvalue weighted by Gasteiger charge is 2.70. The van der Waals surface area contributed by atoms with Crippen molar-refractivity contribution < 1.29 is 32.4 Å². The number of ketones is 1. The number of hydrogen-bond donors (Lipinski definition) is 4. The van der Waals surface area contributed by atoms with Crippen LogP contribution in [0, 0.1) is 34.5 Å². The average Bonchev–Trinajstić information content (AvgIpc) is 3.20. The maximum Gasteiger partial charge on any atom is 0.315 e. The van der Waals surface area contributed by atoms with Gasteiger partial charge in [-0.25, -0.2) is 13.2 Å². The van der Waals surface area contributed by atoms with E-state index in [2.05, 4.69) is 16.0 Å². The number of sulfonamides is 1. The first-order valence-electron chi connectivity index (χ1n) is 16.2. The Kier molecular flexibility index (Phi) is 10.00. The number of nitrogens with two attached hydrogens (primary N) is 1. The molecule has 4 aliphatic rings. The van der Waals surface area contributed by atoms with Crippen molar-refractivity contribution in [1.82, 2.24) is 25.2 Å². The average molecular weight is 653 g/mol. The van der Waals surface area contributed by atoms with E-state index in [1.54, 1.807) is 0 Å². The fourth-order valence-electron chi connectivity index (χ4n) is 7.23. The van der Waals surface area contributed by atoms with Crippen LogP contribution in [0.1, 0.15) is 80.6 Å². The predicted octanol–water partition coefficient (Wildman–Crippen LogP) is 0.973. The number of hydrogen-bond acceptors (Lipinski definition) is 7. The van der Waals surface area contributed by atoms with Gasteiger partial charge in [-0.15, -0.1) is 0 Å². The summed E-state index contributed by atoms with van der Waals surface area (Å²) in [7, 11) is -3.36. The normalized spacial score (nSPS) is 27.6. The molecule has 0 radical (unpaired) electrons. The Morgan fingerprint density at radius 3 is 2.13 bits per heavy atom. The molecule has 2 saturated carbocycles. The van der Waals surface area contributed by atoms with Crippen LogP contribution in [-0.2, 0) is 29.2 Å². The van der Waals surface area contributed by atoms with Crippen LogP contribution < -0.4 is 21.7 Å². The fraction of sp³-hybridized carbons (Fsp3) is 0.839. The van der Waals surface area contributed by atoms with Gasteiger partial charge in [0.05, 0.1) is 11.8 Å². The van der Waals surface area contributed by atoms with Gasteiger partial charge in [-0.1, -0.05) is 67.7 Å². The molecule has 2 saturated heterocycles. The van der Waals surface area contributed by atoms with Crippen molar-refractivity contribution in [2.45, 2.75) is 105 Å². The molecule has 0 spiro atoms. The maximum atomic E-state index is 14.2. The summed E-state index contributed by atoms with van der Waals surface area (Å²) in [6, 6.07) is -4.01. The monoisotopic (exact) mass is 652 g/mol. The topological polar surface area (TPSA) is 188 Å². The number of piperidine rings is 1. The number of nitrogens with one attached hydrogen (secondary N) is 3. The molecule has 2 unspecified atom stereocenters. The second-order valence-corrected chi connectivity index (χ2v) is 17.6. The van der Waals surface area contributed by atoms with Crippen LogP contribution in [0.2, 0.25) is 0 Å². The molecular formula is C31H52N6O7S. The second kappa shape index (κ2) is 12.8. The molecule has 2 heterocycles. The van der Waals surface area contributed by atoms with Gasteiger partial charge in [0.1, 0.15) is 12.1 Å². The van der Waals surface area contributed by atoms with E-state index in [1.807, 2.05) is 48.5 Å². The van der Waals surface area contributed by atoms with Crippen molar-refractivity contribution in [2.24, 2.45) is 40.2 Å². The molecule has 2 aliphatic heterocycles. The molecule has 0 aromatic rings. The highest BCUT2D eigenvalue weighted by Crippen LogP contribution is 2.65. The summed E-state index contributed by atoms with van der Waals surface area (Å²) in [5, 5.41) is 8.50. The summed E-state index contributed by atoms with van der Waals surface area (Å²) in [5.41, 5.74) is 4.38. The second-order valence-electron chi connectivity index (χ2n) is 15.5. The lowest BCUT2D eigenvalue weighted by Crippen LogP contribution is -2.62. The summed E-state index contributed by atoms with van der Waals surface area (Å²) < 4.78 is 26.2. The van der Waals surface area contributed by atoms with Crippen LogP contribution in [0.4, 0.5) is 4.79 Å². The van der Waals surface area contributed by atoms with E-state index in [4.69, 9.17) is 5.73 Å². The maximum absolute atomic E-state index is 14.2. The standard InChI is InChI=1S/C31H52N6O7S/c1-17(2)21(16-36-12-9-13-45(36,43)44)34-29(42)35-25(30(3,4)5)28(41)37-15-19-22(31(19,6)7)23(37)27(40)33-20(24(38)26(32)39)14-18-10-8-11-18/h17-23,25H,8-16H2,1-7H3,(H2,32,39)(H,33,40)(H2,34,35,42)/t19-,20?,21+,22-,23?,25+/m0/s1. The molecule has 2 aliphatic carbocycles. The number of urea groups is 1. The first kappa shape index (κ1) is 35.1. The van der Waals surface area contributed by atoms with Crippen molar-refractivity contribution in [3.63, 3.8) is 0 Å². The SMILES string of the molecule is CC(C)[C@@H](CN1CCCS1(=O)=O)NC(=O)N[C@H](C(=O)N1C[C@H]2[C@@H](C1C(=O)NC(CC1CCC1)C(=O)C(N)=O)C2(C)C)C(C)(C)C. The van der Waals surface area contributed by atoms with E-state index in [-0.39, 0.29) is 41.4 Å². The van der Waals surface area contributed by atoms with Gasteiger partial charge in [-0.2, -0.15) is 4.31 Å². The summed E-state index contributed by atoms with van der Waals surface area (Å²) in [6.07, 6.45) is 3.73. The minimum Gasteiger partial charge on any atom is -0.363 e. The lowest BCUT2D eigenvalue weighted by molar-refractivity contribution is -0.145. The first-order valence-corrected chi connectivity index (χ1v) is 17.9. The molecule has 0 bridgehead atoms. The molecule has 5 N–H and O–H groups in total. The summed E-state index contributed by atoms with van der Waals surface area (Å²) in [5.74, 6) is -2.70. The predicted molar refractivity (Wildman–Crippen MR) is 168 cm³/mol. The molecule has 13 nitrogen and oxygen atoms in total. The largest absolute Gasteiger partial charge is 0.363 e. The Morgan fingerprint density at radius 2 is 1.64 bits per heavy atom. The Bertz CT molecular complexity index is 1310. The van der Waals surface area contributed by atoms with Gasteiger partial charge in [-0.3, -0.25) is 19.2 Å². The Labute approximate surface area is 267 Å². The molecule has 4 rings (SSSR count). The van der Waals surface area contributed by atoms with Gasteiger partial charge in [0.25, 0.3) is 5.91 Å². The summed E-state index contributed by atoms with van der Waals surface area (Å²) >= 11 is 0. The van der Waals surface area contributed by atoms with Gasteiger partial charge in [0, 0.05) is 25.7 Å². The van der Waals surface area contributed by atoms with Crippen molar-refractivity contribution >= 4 is 39.6 Å². The van der Waals surface area contributed by atoms with E-state index < -0.39 is 69.1 Å². The molecule has 254 valence electrons. The third kappa shape index (κ3) is 7.47. The molecular weight excluding hydrogens is 600 g/mol. The van der Waals surface area contributed by atoms with Gasteiger partial charge in [0.2, 0.25) is 27.6 Å². The number of fused-ring (bicyclic) bond motifs is 1. The number of carbonyl (C=O) groups excluding carboxylic acids is 5. The number of rotatable bonds is 12. The number of nitrogens with zero attached hydrogens (tertiary/aromatic N) is 2. The molecule has 6 atom stereocenters. The van der Waals surface area contributed by atoms with Gasteiger partial charge in [-0.05, 0) is 47.3 Å². The van der Waals surface area contributed by atoms with Crippen LogP contribution in [0.15, 0.2) is 0 Å². The zero-order valence-electron chi connectivity index (χ0n) is 27.7. The van der Waals surface area contributed by atoms with E-state index in [1.165, 1.54) is 9.21 Å². The highest BCUT2D eigenvalue weighted by molar-refractivity contribution is 7.89. The van der Waals surface area contributed by atoms with Gasteiger partial charge < -0.3 is 26.6 Å². The Morgan fingerprint density at radius 1 is 1.00 bits per heavy atom. The molecule has 0 aromatic heterocycles. The minimum atomic E-state index is -3.36. The Balaban J connectivity index is 1.51. The lowest BCUT2D eigenvalue weighted by atomic mass is 9.80. The number of primary amides is 1. The quantitative estimate of drug-likeness (QED) is 0.226. The third-order valence-electron chi connectivity index (χ3n) is 10.5. The van der Waals surface area contributed by atoms with E-state index >= 15 is 0 Å². The summed E-state index contributed by atoms with van der Waals surface area (Å²) in [6.45, 7) is 14.2. The first-order chi connectivity index (χ1) is 20.8. The van der Waals surface area contributed by atoms with Crippen molar-refractivity contribution in [2.75, 3.05) is 25.4 Å². The van der Waals surface area contributed by atoms with Crippen molar-refractivity contribution in [1.29, 1.82) is 0 Å². The molecule has 45 heavy (non-hydrogen) atoms. The lowest BCUT2D eigenvalue weighted by Gasteiger charge is -2.38. The smallest absolute Gasteiger partial charge is 0.315 e. The van der Waals surface area contributed by atoms with Crippen LogP contribution in [0.3, 0.4) is 0 Å². The zero-order chi connectivity index (χ0) is 33.6. The van der Waals surface area contributed by atoms with Crippen LogP contribution in [0.5, 0.6) is 0 Å². The van der Waals surface area contributed by atoms with E-state index in [0.29, 0.717) is 25.9 Å².